The number of phenolic OH excluding ortho intramolecular Hbond substituents is 1. The Balaban J connectivity index is 1.29. The van der Waals surface area contributed by atoms with Crippen LogP contribution in [0.25, 0.3) is 11.8 Å². The van der Waals surface area contributed by atoms with Crippen molar-refractivity contribution in [2.24, 2.45) is 0 Å². The molecule has 0 fully saturated rings. The molecule has 0 saturated heterocycles. The predicted octanol–water partition coefficient (Wildman–Crippen LogP) is 8.31. The van der Waals surface area contributed by atoms with Crippen molar-refractivity contribution in [2.75, 3.05) is 0 Å². The average Bonchev–Trinajstić information content (AvgIpc) is 3.06. The summed E-state index contributed by atoms with van der Waals surface area (Å²) in [6.45, 7) is 0.924. The number of aliphatic hydroxyl groups excluding tert-OH is 1. The smallest absolute Gasteiger partial charge is 0.182 e. The molecule has 6 nitrogen and oxygen atoms in total. The number of carbonyl (C=O) groups excluding carboxylic acids is 1. The molecule has 0 aliphatic rings. The van der Waals surface area contributed by atoms with Gasteiger partial charge in [-0.1, -0.05) is 109 Å². The van der Waals surface area contributed by atoms with Crippen LogP contribution in [0.2, 0.25) is 0 Å². The van der Waals surface area contributed by atoms with Crippen LogP contribution in [0, 0.1) is 0 Å². The summed E-state index contributed by atoms with van der Waals surface area (Å²) in [4.78, 5) is 12.8. The van der Waals surface area contributed by atoms with Crippen LogP contribution in [-0.4, -0.2) is 16.0 Å². The van der Waals surface area contributed by atoms with Gasteiger partial charge in [0.05, 0.1) is 0 Å². The molecule has 0 heterocycles. The van der Waals surface area contributed by atoms with Gasteiger partial charge in [-0.05, 0) is 40.5 Å². The molecule has 0 saturated carbocycles. The number of rotatable bonds is 13. The number of hydrogen-bond acceptors (Lipinski definition) is 6. The molecule has 0 unspecified atom stereocenters. The molecular formula is C38H32O6. The zero-order valence-corrected chi connectivity index (χ0v) is 24.0. The van der Waals surface area contributed by atoms with E-state index in [1.807, 2.05) is 115 Å². The van der Waals surface area contributed by atoms with Crippen LogP contribution in [0.1, 0.15) is 27.8 Å². The topological polar surface area (TPSA) is 85.2 Å². The lowest BCUT2D eigenvalue weighted by atomic mass is 10.1. The third-order valence-corrected chi connectivity index (χ3v) is 6.64. The molecule has 0 bridgehead atoms. The summed E-state index contributed by atoms with van der Waals surface area (Å²) >= 11 is 0. The highest BCUT2D eigenvalue weighted by molar-refractivity contribution is 6.06. The minimum atomic E-state index is -0.468. The van der Waals surface area contributed by atoms with Crippen molar-refractivity contribution in [1.29, 1.82) is 0 Å². The Labute approximate surface area is 256 Å². The number of ether oxygens (including phenoxy) is 3. The van der Waals surface area contributed by atoms with Gasteiger partial charge in [-0.3, -0.25) is 4.79 Å². The van der Waals surface area contributed by atoms with E-state index in [-0.39, 0.29) is 30.3 Å². The van der Waals surface area contributed by atoms with Gasteiger partial charge in [0.1, 0.15) is 54.1 Å². The lowest BCUT2D eigenvalue weighted by Gasteiger charge is -2.15. The Bertz CT molecular complexity index is 1710. The molecule has 0 spiro atoms. The first kappa shape index (κ1) is 29.7. The first-order valence-corrected chi connectivity index (χ1v) is 14.1. The first-order valence-electron chi connectivity index (χ1n) is 14.1. The van der Waals surface area contributed by atoms with Gasteiger partial charge < -0.3 is 24.4 Å². The van der Waals surface area contributed by atoms with Gasteiger partial charge in [0, 0.05) is 18.2 Å². The molecular weight excluding hydrogens is 552 g/mol. The van der Waals surface area contributed by atoms with Gasteiger partial charge in [-0.2, -0.15) is 0 Å². The first-order chi connectivity index (χ1) is 21.5. The number of hydrogen-bond donors (Lipinski definition) is 2. The number of aliphatic hydroxyl groups is 1. The Morgan fingerprint density at radius 2 is 1.11 bits per heavy atom. The quantitative estimate of drug-likeness (QED) is 0.107. The maximum absolute atomic E-state index is 12.8. The summed E-state index contributed by atoms with van der Waals surface area (Å²) in [5, 5.41) is 21.8. The van der Waals surface area contributed by atoms with E-state index in [2.05, 4.69) is 0 Å². The highest BCUT2D eigenvalue weighted by Crippen LogP contribution is 2.38. The zero-order valence-electron chi connectivity index (χ0n) is 24.0. The Kier molecular flexibility index (Phi) is 10.1. The fourth-order valence-electron chi connectivity index (χ4n) is 4.36. The molecule has 5 aromatic rings. The second kappa shape index (κ2) is 14.9. The number of phenols is 1. The van der Waals surface area contributed by atoms with Crippen LogP contribution >= 0.6 is 0 Å². The van der Waals surface area contributed by atoms with Crippen LogP contribution in [0.4, 0.5) is 0 Å². The summed E-state index contributed by atoms with van der Waals surface area (Å²) in [6, 6.07) is 39.3. The van der Waals surface area contributed by atoms with Crippen molar-refractivity contribution in [2.45, 2.75) is 19.8 Å². The molecule has 0 aliphatic heterocycles. The molecule has 2 N–H and O–H groups in total. The van der Waals surface area contributed by atoms with Gasteiger partial charge in [-0.25, -0.2) is 0 Å². The second-order valence-corrected chi connectivity index (χ2v) is 9.97. The summed E-state index contributed by atoms with van der Waals surface area (Å²) in [5.74, 6) is 0.0610. The standard InChI is InChI=1S/C38H32O6/c39-32(19-16-28-17-20-33(21-18-28)42-25-29-10-4-1-5-11-29)22-35(40)38-36(41)23-34(43-26-30-12-6-2-7-13-30)24-37(38)44-27-31-14-8-3-9-15-31/h1-24,40-41H,25-27H2/b19-16+,35-22-. The minimum absolute atomic E-state index is 0.00494. The van der Waals surface area contributed by atoms with Crippen LogP contribution in [-0.2, 0) is 24.6 Å². The van der Waals surface area contributed by atoms with E-state index >= 15 is 0 Å². The van der Waals surface area contributed by atoms with Crippen molar-refractivity contribution in [3.05, 3.63) is 167 Å². The normalized spacial score (nSPS) is 11.3. The summed E-state index contributed by atoms with van der Waals surface area (Å²) in [5.41, 5.74) is 3.70. The largest absolute Gasteiger partial charge is 0.507 e. The van der Waals surface area contributed by atoms with Crippen molar-refractivity contribution in [1.82, 2.24) is 0 Å². The number of ketones is 1. The second-order valence-electron chi connectivity index (χ2n) is 9.97. The lowest BCUT2D eigenvalue weighted by Crippen LogP contribution is -2.02. The van der Waals surface area contributed by atoms with Gasteiger partial charge >= 0.3 is 0 Å². The summed E-state index contributed by atoms with van der Waals surface area (Å²) < 4.78 is 17.7. The fourth-order valence-corrected chi connectivity index (χ4v) is 4.36. The Hall–Kier alpha value is -5.75. The van der Waals surface area contributed by atoms with E-state index in [9.17, 15) is 15.0 Å². The molecule has 0 radical (unpaired) electrons. The molecule has 6 heteroatoms. The number of carbonyl (C=O) groups is 1. The summed E-state index contributed by atoms with van der Waals surface area (Å²) in [7, 11) is 0. The fraction of sp³-hybridized carbons (Fsp3) is 0.0789. The van der Waals surface area contributed by atoms with Crippen LogP contribution in [0.15, 0.2) is 140 Å². The lowest BCUT2D eigenvalue weighted by molar-refractivity contribution is -0.110. The predicted molar refractivity (Wildman–Crippen MR) is 172 cm³/mol. The number of aromatic hydroxyl groups is 1. The van der Waals surface area contributed by atoms with E-state index in [1.165, 1.54) is 12.1 Å². The highest BCUT2D eigenvalue weighted by atomic mass is 16.5. The summed E-state index contributed by atoms with van der Waals surface area (Å²) in [6.07, 6.45) is 4.03. The van der Waals surface area contributed by atoms with Crippen molar-refractivity contribution < 1.29 is 29.2 Å². The van der Waals surface area contributed by atoms with Crippen molar-refractivity contribution in [3.63, 3.8) is 0 Å². The molecule has 0 amide bonds. The zero-order chi connectivity index (χ0) is 30.6. The van der Waals surface area contributed by atoms with Crippen molar-refractivity contribution >= 4 is 17.6 Å². The van der Waals surface area contributed by atoms with E-state index in [1.54, 1.807) is 12.1 Å². The van der Waals surface area contributed by atoms with Gasteiger partial charge in [0.15, 0.2) is 5.78 Å². The maximum atomic E-state index is 12.8. The van der Waals surface area contributed by atoms with E-state index in [0.29, 0.717) is 18.1 Å². The average molecular weight is 585 g/mol. The molecule has 5 aromatic carbocycles. The minimum Gasteiger partial charge on any atom is -0.507 e. The third-order valence-electron chi connectivity index (χ3n) is 6.64. The van der Waals surface area contributed by atoms with Gasteiger partial charge in [0.25, 0.3) is 0 Å². The molecule has 0 aromatic heterocycles. The molecule has 220 valence electrons. The molecule has 5 rings (SSSR count). The highest BCUT2D eigenvalue weighted by Gasteiger charge is 2.18. The van der Waals surface area contributed by atoms with Crippen LogP contribution in [0.5, 0.6) is 23.0 Å². The van der Waals surface area contributed by atoms with E-state index < -0.39 is 11.5 Å². The third kappa shape index (κ3) is 8.63. The van der Waals surface area contributed by atoms with Crippen molar-refractivity contribution in [3.8, 4) is 23.0 Å². The number of benzene rings is 5. The van der Waals surface area contributed by atoms with Crippen LogP contribution in [0.3, 0.4) is 0 Å². The SMILES string of the molecule is O=C(/C=C(\O)c1c(O)cc(OCc2ccccc2)cc1OCc1ccccc1)/C=C/c1ccc(OCc2ccccc2)cc1. The number of allylic oxidation sites excluding steroid dienone is 2. The molecule has 0 aliphatic carbocycles. The molecule has 0 atom stereocenters. The van der Waals surface area contributed by atoms with E-state index in [0.717, 1.165) is 28.3 Å². The Morgan fingerprint density at radius 1 is 0.614 bits per heavy atom. The Morgan fingerprint density at radius 3 is 1.66 bits per heavy atom. The maximum Gasteiger partial charge on any atom is 0.182 e. The van der Waals surface area contributed by atoms with Gasteiger partial charge in [0.2, 0.25) is 0 Å². The monoisotopic (exact) mass is 584 g/mol. The van der Waals surface area contributed by atoms with E-state index in [4.69, 9.17) is 14.2 Å². The molecule has 44 heavy (non-hydrogen) atoms. The van der Waals surface area contributed by atoms with Crippen LogP contribution < -0.4 is 14.2 Å². The van der Waals surface area contributed by atoms with Gasteiger partial charge in [-0.15, -0.1) is 0 Å².